The first kappa shape index (κ1) is 14.4. The predicted molar refractivity (Wildman–Crippen MR) is 62.1 cm³/mol. The summed E-state index contributed by atoms with van der Waals surface area (Å²) < 4.78 is 0. The molecule has 0 aromatic carbocycles. The summed E-state index contributed by atoms with van der Waals surface area (Å²) in [5.74, 6) is -0.760. The number of aliphatic carboxylic acids is 1. The minimum Gasteiger partial charge on any atom is -0.480 e. The van der Waals surface area contributed by atoms with Crippen molar-refractivity contribution in [1.82, 2.24) is 10.2 Å². The lowest BCUT2D eigenvalue weighted by Gasteiger charge is -2.24. The van der Waals surface area contributed by atoms with E-state index in [9.17, 15) is 4.79 Å². The number of carboxylic acid groups (broad SMARTS) is 1. The van der Waals surface area contributed by atoms with Crippen LogP contribution in [0.15, 0.2) is 0 Å². The molecule has 0 radical (unpaired) electrons. The summed E-state index contributed by atoms with van der Waals surface area (Å²) in [6.45, 7) is 7.72. The van der Waals surface area contributed by atoms with Crippen LogP contribution in [0.3, 0.4) is 0 Å². The summed E-state index contributed by atoms with van der Waals surface area (Å²) in [5.41, 5.74) is 0.0359. The molecular formula is C11H24N2O2. The van der Waals surface area contributed by atoms with E-state index >= 15 is 0 Å². The van der Waals surface area contributed by atoms with E-state index in [1.165, 1.54) is 0 Å². The average molecular weight is 216 g/mol. The molecular weight excluding hydrogens is 192 g/mol. The van der Waals surface area contributed by atoms with Crippen molar-refractivity contribution in [1.29, 1.82) is 0 Å². The Morgan fingerprint density at radius 2 is 1.93 bits per heavy atom. The van der Waals surface area contributed by atoms with Gasteiger partial charge in [0.25, 0.3) is 0 Å². The molecule has 0 aromatic heterocycles. The largest absolute Gasteiger partial charge is 0.480 e. The van der Waals surface area contributed by atoms with E-state index in [4.69, 9.17) is 5.11 Å². The van der Waals surface area contributed by atoms with Gasteiger partial charge in [-0.05, 0) is 25.9 Å². The zero-order chi connectivity index (χ0) is 12.1. The predicted octanol–water partition coefficient (Wildman–Crippen LogP) is 1.03. The first-order valence-electron chi connectivity index (χ1n) is 5.33. The van der Waals surface area contributed by atoms with Crippen LogP contribution < -0.4 is 5.32 Å². The van der Waals surface area contributed by atoms with Gasteiger partial charge in [0, 0.05) is 13.1 Å². The van der Waals surface area contributed by atoms with Crippen molar-refractivity contribution in [3.63, 3.8) is 0 Å². The Morgan fingerprint density at radius 1 is 1.40 bits per heavy atom. The fourth-order valence-electron chi connectivity index (χ4n) is 1.32. The van der Waals surface area contributed by atoms with E-state index in [0.29, 0.717) is 13.0 Å². The van der Waals surface area contributed by atoms with Crippen molar-refractivity contribution >= 4 is 5.97 Å². The Morgan fingerprint density at radius 3 is 2.27 bits per heavy atom. The average Bonchev–Trinajstić information content (AvgIpc) is 1.99. The Kier molecular flexibility index (Phi) is 5.83. The van der Waals surface area contributed by atoms with Gasteiger partial charge in [0.2, 0.25) is 0 Å². The number of hydrogen-bond donors (Lipinski definition) is 2. The summed E-state index contributed by atoms with van der Waals surface area (Å²) >= 11 is 0. The molecule has 0 saturated heterocycles. The van der Waals surface area contributed by atoms with Gasteiger partial charge < -0.3 is 15.3 Å². The van der Waals surface area contributed by atoms with E-state index < -0.39 is 12.0 Å². The molecule has 0 heterocycles. The molecule has 0 amide bonds. The van der Waals surface area contributed by atoms with Gasteiger partial charge in [0.15, 0.2) is 0 Å². The Bertz CT molecular complexity index is 197. The second-order valence-electron chi connectivity index (χ2n) is 5.41. The quantitative estimate of drug-likeness (QED) is 0.696. The molecule has 90 valence electrons. The molecule has 15 heavy (non-hydrogen) atoms. The Hall–Kier alpha value is -0.610. The summed E-state index contributed by atoms with van der Waals surface area (Å²) in [6.07, 6.45) is 0.649. The Labute approximate surface area is 92.7 Å². The van der Waals surface area contributed by atoms with Crippen LogP contribution in [0, 0.1) is 5.41 Å². The van der Waals surface area contributed by atoms with Crippen molar-refractivity contribution in [2.45, 2.75) is 33.2 Å². The molecule has 1 unspecified atom stereocenters. The highest BCUT2D eigenvalue weighted by atomic mass is 16.4. The second-order valence-corrected chi connectivity index (χ2v) is 5.41. The smallest absolute Gasteiger partial charge is 0.320 e. The molecule has 1 atom stereocenters. The van der Waals surface area contributed by atoms with Gasteiger partial charge in [0.05, 0.1) is 0 Å². The number of nitrogens with zero attached hydrogens (tertiary/aromatic N) is 1. The van der Waals surface area contributed by atoms with E-state index in [1.807, 2.05) is 19.0 Å². The monoisotopic (exact) mass is 216 g/mol. The minimum absolute atomic E-state index is 0.0359. The molecule has 0 rings (SSSR count). The molecule has 0 aliphatic carbocycles. The number of nitrogens with one attached hydrogen (secondary N) is 1. The summed E-state index contributed by atoms with van der Waals surface area (Å²) in [6, 6.07) is -0.440. The normalized spacial score (nSPS) is 14.3. The molecule has 0 aliphatic rings. The van der Waals surface area contributed by atoms with Gasteiger partial charge in [-0.15, -0.1) is 0 Å². The summed E-state index contributed by atoms with van der Waals surface area (Å²) in [5, 5.41) is 12.1. The highest BCUT2D eigenvalue weighted by Gasteiger charge is 2.23. The maximum atomic E-state index is 11.0. The lowest BCUT2D eigenvalue weighted by molar-refractivity contribution is -0.140. The van der Waals surface area contributed by atoms with Gasteiger partial charge in [-0.2, -0.15) is 0 Å². The third-order valence-corrected chi connectivity index (χ3v) is 2.06. The van der Waals surface area contributed by atoms with Crippen molar-refractivity contribution in [2.24, 2.45) is 5.41 Å². The van der Waals surface area contributed by atoms with E-state index in [1.54, 1.807) is 0 Å². The first-order chi connectivity index (χ1) is 6.72. The number of rotatable bonds is 6. The number of carbonyl (C=O) groups is 1. The summed E-state index contributed by atoms with van der Waals surface area (Å²) in [4.78, 5) is 13.0. The van der Waals surface area contributed by atoms with Crippen LogP contribution in [0.1, 0.15) is 27.2 Å². The maximum Gasteiger partial charge on any atom is 0.320 e. The molecule has 4 nitrogen and oxygen atoms in total. The molecule has 0 aromatic rings. The third kappa shape index (κ3) is 8.39. The van der Waals surface area contributed by atoms with Crippen molar-refractivity contribution in [2.75, 3.05) is 27.2 Å². The van der Waals surface area contributed by atoms with Crippen LogP contribution in [-0.4, -0.2) is 49.2 Å². The number of hydrogen-bond acceptors (Lipinski definition) is 3. The number of likely N-dealkylation sites (N-methyl/N-ethyl adjacent to an activating group) is 1. The van der Waals surface area contributed by atoms with Gasteiger partial charge >= 0.3 is 5.97 Å². The SMILES string of the molecule is CN(C)CCNC(CC(C)(C)C)C(=O)O. The highest BCUT2D eigenvalue weighted by molar-refractivity contribution is 5.73. The topological polar surface area (TPSA) is 52.6 Å². The van der Waals surface area contributed by atoms with E-state index in [-0.39, 0.29) is 5.41 Å². The van der Waals surface area contributed by atoms with E-state index in [0.717, 1.165) is 6.54 Å². The fraction of sp³-hybridized carbons (Fsp3) is 0.909. The van der Waals surface area contributed by atoms with Crippen LogP contribution in [-0.2, 0) is 4.79 Å². The molecule has 0 bridgehead atoms. The van der Waals surface area contributed by atoms with Gasteiger partial charge in [-0.25, -0.2) is 0 Å². The molecule has 0 fully saturated rings. The molecule has 2 N–H and O–H groups in total. The molecule has 0 spiro atoms. The van der Waals surface area contributed by atoms with Crippen LogP contribution in [0.5, 0.6) is 0 Å². The lowest BCUT2D eigenvalue weighted by Crippen LogP contribution is -2.42. The standard InChI is InChI=1S/C11H24N2O2/c1-11(2,3)8-9(10(14)15)12-6-7-13(4)5/h9,12H,6-8H2,1-5H3,(H,14,15). The van der Waals surface area contributed by atoms with Crippen molar-refractivity contribution in [3.8, 4) is 0 Å². The van der Waals surface area contributed by atoms with Gasteiger partial charge in [-0.1, -0.05) is 20.8 Å². The van der Waals surface area contributed by atoms with Crippen LogP contribution in [0.25, 0.3) is 0 Å². The third-order valence-electron chi connectivity index (χ3n) is 2.06. The second kappa shape index (κ2) is 6.08. The fourth-order valence-corrected chi connectivity index (χ4v) is 1.32. The van der Waals surface area contributed by atoms with Gasteiger partial charge in [-0.3, -0.25) is 4.79 Å². The molecule has 0 saturated carbocycles. The lowest BCUT2D eigenvalue weighted by atomic mass is 9.88. The zero-order valence-corrected chi connectivity index (χ0v) is 10.5. The molecule has 0 aliphatic heterocycles. The van der Waals surface area contributed by atoms with Crippen LogP contribution in [0.2, 0.25) is 0 Å². The number of carboxylic acids is 1. The zero-order valence-electron chi connectivity index (χ0n) is 10.5. The first-order valence-corrected chi connectivity index (χ1v) is 5.33. The minimum atomic E-state index is -0.760. The van der Waals surface area contributed by atoms with Gasteiger partial charge in [0.1, 0.15) is 6.04 Å². The van der Waals surface area contributed by atoms with Crippen LogP contribution in [0.4, 0.5) is 0 Å². The highest BCUT2D eigenvalue weighted by Crippen LogP contribution is 2.20. The van der Waals surface area contributed by atoms with Crippen molar-refractivity contribution < 1.29 is 9.90 Å². The van der Waals surface area contributed by atoms with Crippen molar-refractivity contribution in [3.05, 3.63) is 0 Å². The maximum absolute atomic E-state index is 11.0. The van der Waals surface area contributed by atoms with Crippen LogP contribution >= 0.6 is 0 Å². The Balaban J connectivity index is 4.01. The summed E-state index contributed by atoms with van der Waals surface area (Å²) in [7, 11) is 3.95. The van der Waals surface area contributed by atoms with E-state index in [2.05, 4.69) is 26.1 Å². The molecule has 4 heteroatoms.